The molecule has 5 heteroatoms. The number of pyridine rings is 1. The van der Waals surface area contributed by atoms with E-state index in [1.165, 1.54) is 24.0 Å². The molecule has 3 aromatic rings. The van der Waals surface area contributed by atoms with Crippen molar-refractivity contribution in [3.05, 3.63) is 81.1 Å². The van der Waals surface area contributed by atoms with Crippen LogP contribution < -0.4 is 10.9 Å². The van der Waals surface area contributed by atoms with Crippen LogP contribution in [0.2, 0.25) is 0 Å². The van der Waals surface area contributed by atoms with Gasteiger partial charge in [-0.2, -0.15) is 0 Å². The zero-order valence-corrected chi connectivity index (χ0v) is 19.4. The molecule has 1 unspecified atom stereocenters. The molecule has 1 aromatic heterocycles. The van der Waals surface area contributed by atoms with Gasteiger partial charge < -0.3 is 15.2 Å². The first-order valence-electron chi connectivity index (χ1n) is 11.2. The maximum absolute atomic E-state index is 12.9. The van der Waals surface area contributed by atoms with Gasteiger partial charge >= 0.3 is 0 Å². The smallest absolute Gasteiger partial charge is 0.253 e. The highest BCUT2D eigenvalue weighted by Gasteiger charge is 2.26. The Kier molecular flexibility index (Phi) is 6.42. The Bertz CT molecular complexity index is 1130. The highest BCUT2D eigenvalue weighted by molar-refractivity contribution is 7.80. The number of hydrogen-bond donors (Lipinski definition) is 2. The molecule has 1 saturated carbocycles. The van der Waals surface area contributed by atoms with E-state index in [0.29, 0.717) is 12.6 Å². The summed E-state index contributed by atoms with van der Waals surface area (Å²) in [6.45, 7) is 6.80. The molecule has 2 N–H and O–H groups in total. The summed E-state index contributed by atoms with van der Waals surface area (Å²) < 4.78 is 0. The van der Waals surface area contributed by atoms with Crippen molar-refractivity contribution in [1.29, 1.82) is 0 Å². The van der Waals surface area contributed by atoms with Crippen molar-refractivity contribution in [3.63, 3.8) is 0 Å². The molecule has 4 nitrogen and oxygen atoms in total. The first-order chi connectivity index (χ1) is 14.9. The average Bonchev–Trinajstić information content (AvgIpc) is 3.27. The summed E-state index contributed by atoms with van der Waals surface area (Å²) in [6, 6.07) is 17.1. The minimum atomic E-state index is -0.0283. The number of nitrogens with zero attached hydrogens (tertiary/aromatic N) is 1. The van der Waals surface area contributed by atoms with Crippen LogP contribution in [0.15, 0.2) is 53.3 Å². The van der Waals surface area contributed by atoms with Crippen LogP contribution in [0.4, 0.5) is 0 Å². The van der Waals surface area contributed by atoms with Crippen LogP contribution >= 0.6 is 12.2 Å². The van der Waals surface area contributed by atoms with E-state index in [9.17, 15) is 4.79 Å². The van der Waals surface area contributed by atoms with Crippen LogP contribution in [0.5, 0.6) is 0 Å². The normalized spacial score (nSPS) is 15.2. The summed E-state index contributed by atoms with van der Waals surface area (Å²) in [7, 11) is 0. The molecule has 1 atom stereocenters. The fourth-order valence-corrected chi connectivity index (χ4v) is 5.08. The number of aromatic nitrogens is 1. The molecule has 0 aliphatic heterocycles. The van der Waals surface area contributed by atoms with Crippen LogP contribution in [0.3, 0.4) is 0 Å². The molecule has 4 rings (SSSR count). The first kappa shape index (κ1) is 21.6. The second-order valence-electron chi connectivity index (χ2n) is 8.81. The largest absolute Gasteiger partial charge is 0.356 e. The predicted molar refractivity (Wildman–Crippen MR) is 132 cm³/mol. The number of aryl methyl sites for hydroxylation is 2. The van der Waals surface area contributed by atoms with Gasteiger partial charge in [-0.05, 0) is 74.7 Å². The second-order valence-corrected chi connectivity index (χ2v) is 9.20. The number of aromatic amines is 1. The standard InChI is InChI=1S/C26H31N3OS/c1-17-13-18(2)23-15-21(25(30)28-24(23)14-17)16-29(22-11-7-8-12-22)26(31)27-19(3)20-9-5-4-6-10-20/h4-6,9-10,13-15,19,22H,7-8,11-12,16H2,1-3H3,(H,27,31)(H,28,30). The number of benzene rings is 2. The van der Waals surface area contributed by atoms with Crippen LogP contribution in [0, 0.1) is 13.8 Å². The highest BCUT2D eigenvalue weighted by atomic mass is 32.1. The van der Waals surface area contributed by atoms with Crippen molar-refractivity contribution in [2.45, 2.75) is 65.1 Å². The van der Waals surface area contributed by atoms with Gasteiger partial charge in [0.1, 0.15) is 0 Å². The van der Waals surface area contributed by atoms with E-state index in [0.717, 1.165) is 40.0 Å². The van der Waals surface area contributed by atoms with E-state index >= 15 is 0 Å². The lowest BCUT2D eigenvalue weighted by molar-refractivity contribution is 0.300. The number of rotatable bonds is 5. The predicted octanol–water partition coefficient (Wildman–Crippen LogP) is 5.53. The molecular weight excluding hydrogens is 402 g/mol. The van der Waals surface area contributed by atoms with Crippen molar-refractivity contribution in [2.75, 3.05) is 0 Å². The van der Waals surface area contributed by atoms with E-state index in [-0.39, 0.29) is 11.6 Å². The molecular formula is C26H31N3OS. The van der Waals surface area contributed by atoms with Crippen molar-refractivity contribution in [2.24, 2.45) is 0 Å². The molecule has 0 spiro atoms. The molecule has 31 heavy (non-hydrogen) atoms. The summed E-state index contributed by atoms with van der Waals surface area (Å²) in [5, 5.41) is 5.34. The van der Waals surface area contributed by atoms with Crippen LogP contribution in [-0.2, 0) is 6.54 Å². The van der Waals surface area contributed by atoms with E-state index in [4.69, 9.17) is 12.2 Å². The van der Waals surface area contributed by atoms with Gasteiger partial charge in [0.15, 0.2) is 5.11 Å². The fraction of sp³-hybridized carbons (Fsp3) is 0.385. The highest BCUT2D eigenvalue weighted by Crippen LogP contribution is 2.26. The average molecular weight is 434 g/mol. The third-order valence-corrected chi connectivity index (χ3v) is 6.75. The third-order valence-electron chi connectivity index (χ3n) is 6.40. The van der Waals surface area contributed by atoms with Gasteiger partial charge in [-0.1, -0.05) is 49.2 Å². The van der Waals surface area contributed by atoms with E-state index in [2.05, 4.69) is 54.2 Å². The van der Waals surface area contributed by atoms with Gasteiger partial charge in [0.2, 0.25) is 0 Å². The van der Waals surface area contributed by atoms with Crippen molar-refractivity contribution in [3.8, 4) is 0 Å². The second kappa shape index (κ2) is 9.23. The minimum Gasteiger partial charge on any atom is -0.356 e. The first-order valence-corrected chi connectivity index (χ1v) is 11.6. The van der Waals surface area contributed by atoms with Gasteiger partial charge in [0, 0.05) is 22.5 Å². The van der Waals surface area contributed by atoms with Crippen molar-refractivity contribution < 1.29 is 0 Å². The summed E-state index contributed by atoms with van der Waals surface area (Å²) in [6.07, 6.45) is 4.66. The van der Waals surface area contributed by atoms with Gasteiger partial charge in [0.25, 0.3) is 5.56 Å². The van der Waals surface area contributed by atoms with Crippen molar-refractivity contribution in [1.82, 2.24) is 15.2 Å². The molecule has 1 fully saturated rings. The monoisotopic (exact) mass is 433 g/mol. The number of thiocarbonyl (C=S) groups is 1. The van der Waals surface area contributed by atoms with E-state index in [1.807, 2.05) is 30.3 Å². The van der Waals surface area contributed by atoms with Gasteiger partial charge in [-0.25, -0.2) is 0 Å². The Hall–Kier alpha value is -2.66. The fourth-order valence-electron chi connectivity index (χ4n) is 4.69. The number of nitrogens with one attached hydrogen (secondary N) is 2. The van der Waals surface area contributed by atoms with E-state index < -0.39 is 0 Å². The topological polar surface area (TPSA) is 48.1 Å². The Balaban J connectivity index is 1.62. The molecule has 0 saturated heterocycles. The summed E-state index contributed by atoms with van der Waals surface area (Å²) >= 11 is 5.87. The van der Waals surface area contributed by atoms with Gasteiger partial charge in [-0.3, -0.25) is 4.79 Å². The molecule has 1 aliphatic rings. The molecule has 162 valence electrons. The molecule has 1 heterocycles. The summed E-state index contributed by atoms with van der Waals surface area (Å²) in [4.78, 5) is 18.3. The van der Waals surface area contributed by atoms with Crippen LogP contribution in [0.25, 0.3) is 10.9 Å². The number of fused-ring (bicyclic) bond motifs is 1. The third kappa shape index (κ3) is 4.82. The number of H-pyrrole nitrogens is 1. The quantitative estimate of drug-likeness (QED) is 0.520. The SMILES string of the molecule is Cc1cc(C)c2cc(CN(C(=S)NC(C)c3ccccc3)C3CCCC3)c(=O)[nH]c2c1. The van der Waals surface area contributed by atoms with Crippen LogP contribution in [-0.4, -0.2) is 21.0 Å². The molecule has 2 aromatic carbocycles. The molecule has 0 amide bonds. The molecule has 0 radical (unpaired) electrons. The van der Waals surface area contributed by atoms with Gasteiger partial charge in [0.05, 0.1) is 12.6 Å². The zero-order valence-electron chi connectivity index (χ0n) is 18.6. The molecule has 0 bridgehead atoms. The van der Waals surface area contributed by atoms with E-state index in [1.54, 1.807) is 0 Å². The minimum absolute atomic E-state index is 0.0283. The zero-order chi connectivity index (χ0) is 22.0. The summed E-state index contributed by atoms with van der Waals surface area (Å²) in [5.41, 5.74) is 5.17. The summed E-state index contributed by atoms with van der Waals surface area (Å²) in [5.74, 6) is 0. The van der Waals surface area contributed by atoms with Crippen molar-refractivity contribution >= 4 is 28.2 Å². The lowest BCUT2D eigenvalue weighted by Gasteiger charge is -2.33. The lowest BCUT2D eigenvalue weighted by atomic mass is 10.0. The van der Waals surface area contributed by atoms with Gasteiger partial charge in [-0.15, -0.1) is 0 Å². The van der Waals surface area contributed by atoms with Crippen LogP contribution in [0.1, 0.15) is 60.9 Å². The molecule has 1 aliphatic carbocycles. The lowest BCUT2D eigenvalue weighted by Crippen LogP contribution is -2.46. The Morgan fingerprint density at radius 1 is 1.16 bits per heavy atom. The Morgan fingerprint density at radius 3 is 2.58 bits per heavy atom. The maximum atomic E-state index is 12.9. The maximum Gasteiger partial charge on any atom is 0.253 e. The Labute approximate surface area is 189 Å². The Morgan fingerprint density at radius 2 is 1.87 bits per heavy atom. The number of hydrogen-bond acceptors (Lipinski definition) is 2.